The molecule has 1 atom stereocenters. The van der Waals surface area contributed by atoms with Crippen molar-refractivity contribution in [3.63, 3.8) is 0 Å². The number of unbranched alkanes of at least 4 members (excludes halogenated alkanes) is 2. The van der Waals surface area contributed by atoms with Crippen LogP contribution in [0.25, 0.3) is 11.1 Å². The molecule has 7 heteroatoms. The molecule has 0 radical (unpaired) electrons. The zero-order valence-corrected chi connectivity index (χ0v) is 22.9. The third kappa shape index (κ3) is 9.69. The average molecular weight is 530 g/mol. The molecule has 0 aliphatic heterocycles. The molecule has 39 heavy (non-hydrogen) atoms. The van der Waals surface area contributed by atoms with Gasteiger partial charge in [0.2, 0.25) is 12.3 Å². The van der Waals surface area contributed by atoms with Crippen LogP contribution >= 0.6 is 0 Å². The Morgan fingerprint density at radius 3 is 2.33 bits per heavy atom. The third-order valence-electron chi connectivity index (χ3n) is 6.62. The first-order valence-corrected chi connectivity index (χ1v) is 13.7. The van der Waals surface area contributed by atoms with Crippen LogP contribution in [0.2, 0.25) is 0 Å². The molecule has 206 valence electrons. The van der Waals surface area contributed by atoms with Crippen molar-refractivity contribution in [3.8, 4) is 11.1 Å². The standard InChI is InChI=1S/C32H39N3O4/c1-3-5-7-13-30(21-35(24-36)39-22-26-11-8-6-9-12-26)32(38)34-23-33-31(37)29-15-10-14-28(20-29)27-18-16-25(4-2)17-19-27/h6,8-12,14-20,24,30H,3-5,7,13,21-23H2,1-2H3,(H,33,37)(H,34,38). The lowest BCUT2D eigenvalue weighted by Crippen LogP contribution is -2.43. The second-order valence-corrected chi connectivity index (χ2v) is 9.51. The molecule has 0 fully saturated rings. The molecule has 0 aliphatic rings. The number of hydrogen-bond donors (Lipinski definition) is 2. The van der Waals surface area contributed by atoms with Gasteiger partial charge in [-0.2, -0.15) is 0 Å². The highest BCUT2D eigenvalue weighted by molar-refractivity contribution is 5.95. The Morgan fingerprint density at radius 1 is 0.872 bits per heavy atom. The van der Waals surface area contributed by atoms with Crippen molar-refractivity contribution in [2.45, 2.75) is 52.6 Å². The van der Waals surface area contributed by atoms with E-state index in [1.54, 1.807) is 6.07 Å². The number of hydrogen-bond acceptors (Lipinski definition) is 4. The summed E-state index contributed by atoms with van der Waals surface area (Å²) in [7, 11) is 0. The fourth-order valence-electron chi connectivity index (χ4n) is 4.25. The number of amides is 3. The van der Waals surface area contributed by atoms with Gasteiger partial charge in [-0.3, -0.25) is 19.2 Å². The molecule has 0 saturated heterocycles. The van der Waals surface area contributed by atoms with Crippen LogP contribution in [0, 0.1) is 5.92 Å². The molecule has 3 rings (SSSR count). The van der Waals surface area contributed by atoms with E-state index in [0.29, 0.717) is 18.4 Å². The van der Waals surface area contributed by atoms with Gasteiger partial charge in [0.1, 0.15) is 6.61 Å². The van der Waals surface area contributed by atoms with Crippen molar-refractivity contribution in [1.29, 1.82) is 0 Å². The molecular formula is C32H39N3O4. The average Bonchev–Trinajstić information content (AvgIpc) is 2.99. The van der Waals surface area contributed by atoms with E-state index in [-0.39, 0.29) is 31.6 Å². The molecule has 2 N–H and O–H groups in total. The van der Waals surface area contributed by atoms with E-state index in [0.717, 1.165) is 42.4 Å². The van der Waals surface area contributed by atoms with E-state index < -0.39 is 5.92 Å². The Morgan fingerprint density at radius 2 is 1.64 bits per heavy atom. The summed E-state index contributed by atoms with van der Waals surface area (Å²) in [6.07, 6.45) is 5.07. The van der Waals surface area contributed by atoms with Gasteiger partial charge in [-0.15, -0.1) is 0 Å². The van der Waals surface area contributed by atoms with Gasteiger partial charge >= 0.3 is 0 Å². The van der Waals surface area contributed by atoms with Crippen LogP contribution in [-0.4, -0.2) is 36.5 Å². The molecule has 0 aromatic heterocycles. The Labute approximate surface area is 231 Å². The van der Waals surface area contributed by atoms with Crippen molar-refractivity contribution in [2.24, 2.45) is 5.92 Å². The first-order valence-electron chi connectivity index (χ1n) is 13.7. The van der Waals surface area contributed by atoms with Crippen LogP contribution in [0.3, 0.4) is 0 Å². The number of carbonyl (C=O) groups excluding carboxylic acids is 3. The topological polar surface area (TPSA) is 87.7 Å². The Balaban J connectivity index is 1.54. The zero-order valence-electron chi connectivity index (χ0n) is 22.9. The van der Waals surface area contributed by atoms with Gasteiger partial charge in [0.25, 0.3) is 5.91 Å². The number of rotatable bonds is 16. The van der Waals surface area contributed by atoms with Crippen molar-refractivity contribution >= 4 is 18.2 Å². The van der Waals surface area contributed by atoms with E-state index in [9.17, 15) is 14.4 Å². The fourth-order valence-corrected chi connectivity index (χ4v) is 4.25. The lowest BCUT2D eigenvalue weighted by atomic mass is 10.00. The van der Waals surface area contributed by atoms with E-state index in [1.807, 2.05) is 48.5 Å². The number of benzene rings is 3. The zero-order chi connectivity index (χ0) is 27.9. The lowest BCUT2D eigenvalue weighted by molar-refractivity contribution is -0.182. The van der Waals surface area contributed by atoms with Crippen LogP contribution in [0.15, 0.2) is 78.9 Å². The van der Waals surface area contributed by atoms with Crippen LogP contribution in [0.4, 0.5) is 0 Å². The molecular weight excluding hydrogens is 490 g/mol. The van der Waals surface area contributed by atoms with Crippen LogP contribution in [0.5, 0.6) is 0 Å². The SMILES string of the molecule is CCCCCC(CN(C=O)OCc1ccccc1)C(=O)NCNC(=O)c1cccc(-c2ccc(CC)cc2)c1. The second kappa shape index (κ2) is 16.1. The Bertz CT molecular complexity index is 1180. The first kappa shape index (κ1) is 29.6. The van der Waals surface area contributed by atoms with Gasteiger partial charge in [-0.1, -0.05) is 99.8 Å². The van der Waals surface area contributed by atoms with Crippen molar-refractivity contribution < 1.29 is 19.2 Å². The number of aryl methyl sites for hydroxylation is 1. The maximum Gasteiger partial charge on any atom is 0.252 e. The summed E-state index contributed by atoms with van der Waals surface area (Å²) in [6, 6.07) is 25.3. The molecule has 0 spiro atoms. The molecule has 1 unspecified atom stereocenters. The van der Waals surface area contributed by atoms with Crippen molar-refractivity contribution in [2.75, 3.05) is 13.2 Å². The van der Waals surface area contributed by atoms with Crippen LogP contribution in [0.1, 0.15) is 61.0 Å². The first-order chi connectivity index (χ1) is 19.0. The quantitative estimate of drug-likeness (QED) is 0.111. The summed E-state index contributed by atoms with van der Waals surface area (Å²) in [5.74, 6) is -0.958. The van der Waals surface area contributed by atoms with Crippen molar-refractivity contribution in [3.05, 3.63) is 95.6 Å². The second-order valence-electron chi connectivity index (χ2n) is 9.51. The lowest BCUT2D eigenvalue weighted by Gasteiger charge is -2.23. The molecule has 3 aromatic carbocycles. The largest absolute Gasteiger partial charge is 0.338 e. The monoisotopic (exact) mass is 529 g/mol. The minimum atomic E-state index is -0.455. The van der Waals surface area contributed by atoms with E-state index >= 15 is 0 Å². The van der Waals surface area contributed by atoms with Gasteiger partial charge in [0.15, 0.2) is 0 Å². The third-order valence-corrected chi connectivity index (χ3v) is 6.62. The number of nitrogens with zero attached hydrogens (tertiary/aromatic N) is 1. The minimum Gasteiger partial charge on any atom is -0.338 e. The normalized spacial score (nSPS) is 11.4. The van der Waals surface area contributed by atoms with Gasteiger partial charge in [0.05, 0.1) is 19.1 Å². The summed E-state index contributed by atoms with van der Waals surface area (Å²) >= 11 is 0. The highest BCUT2D eigenvalue weighted by Gasteiger charge is 2.22. The van der Waals surface area contributed by atoms with E-state index in [4.69, 9.17) is 4.84 Å². The smallest absolute Gasteiger partial charge is 0.252 e. The molecule has 0 saturated carbocycles. The number of nitrogens with one attached hydrogen (secondary N) is 2. The predicted octanol–water partition coefficient (Wildman–Crippen LogP) is 5.51. The van der Waals surface area contributed by atoms with Gasteiger partial charge in [0, 0.05) is 5.56 Å². The Kier molecular flexibility index (Phi) is 12.2. The number of hydroxylamine groups is 2. The molecule has 7 nitrogen and oxygen atoms in total. The van der Waals surface area contributed by atoms with Gasteiger partial charge in [-0.25, -0.2) is 5.06 Å². The molecule has 0 bridgehead atoms. The predicted molar refractivity (Wildman–Crippen MR) is 153 cm³/mol. The highest BCUT2D eigenvalue weighted by Crippen LogP contribution is 2.21. The van der Waals surface area contributed by atoms with Crippen LogP contribution < -0.4 is 10.6 Å². The van der Waals surface area contributed by atoms with E-state index in [1.165, 1.54) is 10.6 Å². The minimum absolute atomic E-state index is 0.0106. The Hall–Kier alpha value is -3.97. The van der Waals surface area contributed by atoms with Crippen molar-refractivity contribution in [1.82, 2.24) is 15.7 Å². The molecule has 3 amide bonds. The molecule has 3 aromatic rings. The maximum absolute atomic E-state index is 13.0. The summed E-state index contributed by atoms with van der Waals surface area (Å²) in [6.45, 7) is 4.58. The fraction of sp³-hybridized carbons (Fsp3) is 0.344. The van der Waals surface area contributed by atoms with Gasteiger partial charge in [-0.05, 0) is 47.2 Å². The molecule has 0 aliphatic carbocycles. The maximum atomic E-state index is 13.0. The number of carbonyl (C=O) groups is 3. The highest BCUT2D eigenvalue weighted by atomic mass is 16.7. The van der Waals surface area contributed by atoms with E-state index in [2.05, 4.69) is 48.7 Å². The molecule has 0 heterocycles. The summed E-state index contributed by atoms with van der Waals surface area (Å²) in [4.78, 5) is 43.1. The summed E-state index contributed by atoms with van der Waals surface area (Å²) in [5.41, 5.74) is 4.70. The summed E-state index contributed by atoms with van der Waals surface area (Å²) < 4.78 is 0. The van der Waals surface area contributed by atoms with Crippen LogP contribution in [-0.2, 0) is 27.5 Å². The summed E-state index contributed by atoms with van der Waals surface area (Å²) in [5, 5.41) is 6.76. The van der Waals surface area contributed by atoms with Gasteiger partial charge < -0.3 is 10.6 Å².